The molecule has 3 heteroatoms. The molecule has 118 valence electrons. The topological polar surface area (TPSA) is 48.1 Å². The van der Waals surface area contributed by atoms with E-state index in [1.165, 1.54) is 37.7 Å². The van der Waals surface area contributed by atoms with Crippen LogP contribution in [0, 0.1) is 5.92 Å². The highest BCUT2D eigenvalue weighted by molar-refractivity contribution is 5.15. The summed E-state index contributed by atoms with van der Waals surface area (Å²) in [6.45, 7) is 4.96. The van der Waals surface area contributed by atoms with Crippen LogP contribution in [0.1, 0.15) is 57.2 Å². The standard InChI is InChI=1S/C18H30N2O/c1-3-14-10-11-16(20-13-14)12-17(19)18(21-4-2)15-8-6-5-7-9-15/h10-11,13,15,17-18H,3-9,12,19H2,1-2H3. The van der Waals surface area contributed by atoms with Crippen molar-refractivity contribution in [2.75, 3.05) is 6.61 Å². The summed E-state index contributed by atoms with van der Waals surface area (Å²) in [5.41, 5.74) is 8.83. The van der Waals surface area contributed by atoms with Gasteiger partial charge in [-0.15, -0.1) is 0 Å². The van der Waals surface area contributed by atoms with Crippen LogP contribution in [0.15, 0.2) is 18.3 Å². The molecule has 2 unspecified atom stereocenters. The van der Waals surface area contributed by atoms with Crippen molar-refractivity contribution in [1.29, 1.82) is 0 Å². The van der Waals surface area contributed by atoms with Gasteiger partial charge in [0.1, 0.15) is 0 Å². The van der Waals surface area contributed by atoms with Crippen molar-refractivity contribution >= 4 is 0 Å². The van der Waals surface area contributed by atoms with Crippen LogP contribution in [0.3, 0.4) is 0 Å². The molecule has 1 aliphatic rings. The third-order valence-electron chi connectivity index (χ3n) is 4.63. The molecule has 1 aliphatic carbocycles. The molecule has 0 bridgehead atoms. The predicted molar refractivity (Wildman–Crippen MR) is 87.3 cm³/mol. The lowest BCUT2D eigenvalue weighted by Gasteiger charge is -2.33. The van der Waals surface area contributed by atoms with E-state index in [4.69, 9.17) is 10.5 Å². The molecule has 1 saturated carbocycles. The van der Waals surface area contributed by atoms with Gasteiger partial charge in [0.2, 0.25) is 0 Å². The van der Waals surface area contributed by atoms with E-state index < -0.39 is 0 Å². The summed E-state index contributed by atoms with van der Waals surface area (Å²) >= 11 is 0. The van der Waals surface area contributed by atoms with Crippen LogP contribution in [0.25, 0.3) is 0 Å². The molecule has 3 nitrogen and oxygen atoms in total. The summed E-state index contributed by atoms with van der Waals surface area (Å²) < 4.78 is 6.01. The summed E-state index contributed by atoms with van der Waals surface area (Å²) in [5, 5.41) is 0. The van der Waals surface area contributed by atoms with Crippen LogP contribution in [0.5, 0.6) is 0 Å². The molecular weight excluding hydrogens is 260 g/mol. The van der Waals surface area contributed by atoms with Gasteiger partial charge in [-0.2, -0.15) is 0 Å². The molecule has 1 aromatic heterocycles. The van der Waals surface area contributed by atoms with Crippen LogP contribution >= 0.6 is 0 Å². The summed E-state index contributed by atoms with van der Waals surface area (Å²) in [4.78, 5) is 4.54. The first-order valence-electron chi connectivity index (χ1n) is 8.55. The normalized spacial score (nSPS) is 19.4. The first-order chi connectivity index (χ1) is 10.2. The Morgan fingerprint density at radius 3 is 2.57 bits per heavy atom. The minimum Gasteiger partial charge on any atom is -0.377 e. The minimum absolute atomic E-state index is 0.0491. The number of hydrogen-bond donors (Lipinski definition) is 1. The first-order valence-corrected chi connectivity index (χ1v) is 8.55. The zero-order chi connectivity index (χ0) is 15.1. The average Bonchev–Trinajstić information content (AvgIpc) is 2.54. The predicted octanol–water partition coefficient (Wildman–Crippen LogP) is 3.50. The molecule has 21 heavy (non-hydrogen) atoms. The van der Waals surface area contributed by atoms with Gasteiger partial charge in [-0.05, 0) is 43.7 Å². The quantitative estimate of drug-likeness (QED) is 0.836. The number of aromatic nitrogens is 1. The summed E-state index contributed by atoms with van der Waals surface area (Å²) in [7, 11) is 0. The van der Waals surface area contributed by atoms with E-state index in [1.807, 2.05) is 6.20 Å². The Balaban J connectivity index is 1.97. The van der Waals surface area contributed by atoms with Crippen molar-refractivity contribution in [3.8, 4) is 0 Å². The van der Waals surface area contributed by atoms with E-state index in [0.717, 1.165) is 25.1 Å². The largest absolute Gasteiger partial charge is 0.377 e. The average molecular weight is 290 g/mol. The Morgan fingerprint density at radius 1 is 1.24 bits per heavy atom. The van der Waals surface area contributed by atoms with Crippen molar-refractivity contribution < 1.29 is 4.74 Å². The molecular formula is C18H30N2O. The van der Waals surface area contributed by atoms with E-state index in [2.05, 4.69) is 31.0 Å². The van der Waals surface area contributed by atoms with E-state index in [-0.39, 0.29) is 12.1 Å². The fourth-order valence-electron chi connectivity index (χ4n) is 3.41. The number of hydrogen-bond acceptors (Lipinski definition) is 3. The van der Waals surface area contributed by atoms with Crippen LogP contribution < -0.4 is 5.73 Å². The molecule has 2 rings (SSSR count). The van der Waals surface area contributed by atoms with Gasteiger partial charge in [-0.25, -0.2) is 0 Å². The second-order valence-corrected chi connectivity index (χ2v) is 6.20. The zero-order valence-electron chi connectivity index (χ0n) is 13.6. The van der Waals surface area contributed by atoms with E-state index >= 15 is 0 Å². The number of aryl methyl sites for hydroxylation is 1. The van der Waals surface area contributed by atoms with Gasteiger partial charge in [0.25, 0.3) is 0 Å². The SMILES string of the molecule is CCOC(C(N)Cc1ccc(CC)cn1)C1CCCCC1. The zero-order valence-corrected chi connectivity index (χ0v) is 13.6. The molecule has 0 aromatic carbocycles. The molecule has 0 saturated heterocycles. The first kappa shape index (κ1) is 16.4. The van der Waals surface area contributed by atoms with Crippen molar-refractivity contribution in [2.24, 2.45) is 11.7 Å². The Kier molecular flexibility index (Phi) is 6.65. The molecule has 2 N–H and O–H groups in total. The molecule has 0 aliphatic heterocycles. The lowest BCUT2D eigenvalue weighted by atomic mass is 9.81. The monoisotopic (exact) mass is 290 g/mol. The lowest BCUT2D eigenvalue weighted by Crippen LogP contribution is -2.44. The molecule has 2 atom stereocenters. The number of nitrogens with two attached hydrogens (primary N) is 1. The second kappa shape index (κ2) is 8.50. The summed E-state index contributed by atoms with van der Waals surface area (Å²) in [5.74, 6) is 0.628. The fourth-order valence-corrected chi connectivity index (χ4v) is 3.41. The Hall–Kier alpha value is -0.930. The second-order valence-electron chi connectivity index (χ2n) is 6.20. The Labute approximate surface area is 129 Å². The number of pyridine rings is 1. The van der Waals surface area contributed by atoms with Crippen molar-refractivity contribution in [3.63, 3.8) is 0 Å². The maximum Gasteiger partial charge on any atom is 0.0757 e. The molecule has 0 spiro atoms. The van der Waals surface area contributed by atoms with Gasteiger partial charge in [-0.1, -0.05) is 32.3 Å². The van der Waals surface area contributed by atoms with E-state index in [0.29, 0.717) is 5.92 Å². The lowest BCUT2D eigenvalue weighted by molar-refractivity contribution is -0.00929. The van der Waals surface area contributed by atoms with Gasteiger partial charge in [0, 0.05) is 31.0 Å². The van der Waals surface area contributed by atoms with Crippen molar-refractivity contribution in [2.45, 2.75) is 70.9 Å². The molecule has 1 aromatic rings. The minimum atomic E-state index is 0.0491. The van der Waals surface area contributed by atoms with Crippen LogP contribution in [0.4, 0.5) is 0 Å². The maximum atomic E-state index is 6.47. The van der Waals surface area contributed by atoms with Crippen LogP contribution in [-0.2, 0) is 17.6 Å². The molecule has 0 radical (unpaired) electrons. The van der Waals surface area contributed by atoms with Gasteiger partial charge in [-0.3, -0.25) is 4.98 Å². The van der Waals surface area contributed by atoms with Gasteiger partial charge >= 0.3 is 0 Å². The van der Waals surface area contributed by atoms with E-state index in [1.54, 1.807) is 0 Å². The number of nitrogens with zero attached hydrogens (tertiary/aromatic N) is 1. The van der Waals surface area contributed by atoms with Crippen LogP contribution in [-0.4, -0.2) is 23.7 Å². The van der Waals surface area contributed by atoms with Gasteiger partial charge < -0.3 is 10.5 Å². The highest BCUT2D eigenvalue weighted by atomic mass is 16.5. The third kappa shape index (κ3) is 4.79. The molecule has 1 fully saturated rings. The van der Waals surface area contributed by atoms with Crippen molar-refractivity contribution in [1.82, 2.24) is 4.98 Å². The highest BCUT2D eigenvalue weighted by Gasteiger charge is 2.29. The number of ether oxygens (including phenoxy) is 1. The Bertz CT molecular complexity index is 398. The fraction of sp³-hybridized carbons (Fsp3) is 0.722. The smallest absolute Gasteiger partial charge is 0.0757 e. The van der Waals surface area contributed by atoms with Crippen molar-refractivity contribution in [3.05, 3.63) is 29.6 Å². The van der Waals surface area contributed by atoms with Crippen LogP contribution in [0.2, 0.25) is 0 Å². The van der Waals surface area contributed by atoms with Gasteiger partial charge in [0.05, 0.1) is 6.10 Å². The molecule has 1 heterocycles. The van der Waals surface area contributed by atoms with Gasteiger partial charge in [0.15, 0.2) is 0 Å². The molecule has 0 amide bonds. The Morgan fingerprint density at radius 2 is 2.00 bits per heavy atom. The summed E-state index contributed by atoms with van der Waals surface area (Å²) in [6, 6.07) is 4.32. The maximum absolute atomic E-state index is 6.47. The third-order valence-corrected chi connectivity index (χ3v) is 4.63. The summed E-state index contributed by atoms with van der Waals surface area (Å²) in [6.07, 6.45) is 10.5. The highest BCUT2D eigenvalue weighted by Crippen LogP contribution is 2.29. The number of rotatable bonds is 7. The van der Waals surface area contributed by atoms with E-state index in [9.17, 15) is 0 Å².